The maximum atomic E-state index is 3.49. The molecule has 15 heavy (non-hydrogen) atoms. The van der Waals surface area contributed by atoms with E-state index in [2.05, 4.69) is 35.3 Å². The molecular formula is C12H20IN2-. The average Bonchev–Trinajstić information content (AvgIpc) is 2.21. The van der Waals surface area contributed by atoms with Gasteiger partial charge in [0.2, 0.25) is 0 Å². The van der Waals surface area contributed by atoms with Crippen LogP contribution < -0.4 is 34.6 Å². The summed E-state index contributed by atoms with van der Waals surface area (Å²) in [6.07, 6.45) is 6.17. The zero-order valence-corrected chi connectivity index (χ0v) is 11.3. The standard InChI is InChI=1S/C12H20N2.HI/c1-3-5-9-13-11-7-8-12-14-10-6-4-2;/h5-6,13-14H,1-2,7-12H2;1H/p-1. The van der Waals surface area contributed by atoms with Crippen LogP contribution in [-0.2, 0) is 0 Å². The second-order valence-corrected chi connectivity index (χ2v) is 2.93. The van der Waals surface area contributed by atoms with Crippen LogP contribution >= 0.6 is 0 Å². The minimum Gasteiger partial charge on any atom is -1.00 e. The van der Waals surface area contributed by atoms with Crippen molar-refractivity contribution in [2.24, 2.45) is 0 Å². The lowest BCUT2D eigenvalue weighted by atomic mass is 10.3. The predicted molar refractivity (Wildman–Crippen MR) is 62.4 cm³/mol. The van der Waals surface area contributed by atoms with Crippen molar-refractivity contribution in [3.05, 3.63) is 36.8 Å². The van der Waals surface area contributed by atoms with Gasteiger partial charge in [-0.2, -0.15) is 0 Å². The monoisotopic (exact) mass is 319 g/mol. The third kappa shape index (κ3) is 16.4. The van der Waals surface area contributed by atoms with Gasteiger partial charge >= 0.3 is 0 Å². The van der Waals surface area contributed by atoms with Crippen LogP contribution in [0, 0.1) is 0 Å². The molecule has 0 aromatic rings. The molecule has 0 aliphatic rings. The van der Waals surface area contributed by atoms with Crippen molar-refractivity contribution in [2.45, 2.75) is 12.8 Å². The van der Waals surface area contributed by atoms with Crippen LogP contribution in [0.2, 0.25) is 0 Å². The molecule has 0 aromatic heterocycles. The summed E-state index contributed by atoms with van der Waals surface area (Å²) < 4.78 is 0. The zero-order valence-electron chi connectivity index (χ0n) is 9.19. The third-order valence-corrected chi connectivity index (χ3v) is 1.74. The Labute approximate surface area is 110 Å². The highest BCUT2D eigenvalue weighted by atomic mass is 127. The highest BCUT2D eigenvalue weighted by Gasteiger charge is 1.86. The second kappa shape index (κ2) is 16.1. The molecule has 2 N–H and O–H groups in total. The van der Waals surface area contributed by atoms with Gasteiger partial charge in [0.25, 0.3) is 0 Å². The third-order valence-electron chi connectivity index (χ3n) is 1.74. The van der Waals surface area contributed by atoms with Crippen LogP contribution in [0.3, 0.4) is 0 Å². The Bertz CT molecular complexity index is 190. The van der Waals surface area contributed by atoms with E-state index < -0.39 is 0 Å². The summed E-state index contributed by atoms with van der Waals surface area (Å²) >= 11 is 0. The number of rotatable bonds is 9. The molecular weight excluding hydrogens is 299 g/mol. The number of hydrogen-bond donors (Lipinski definition) is 2. The highest BCUT2D eigenvalue weighted by Crippen LogP contribution is 1.83. The van der Waals surface area contributed by atoms with E-state index >= 15 is 0 Å². The molecule has 0 heterocycles. The minimum atomic E-state index is 0. The van der Waals surface area contributed by atoms with Crippen molar-refractivity contribution in [3.63, 3.8) is 0 Å². The van der Waals surface area contributed by atoms with Gasteiger partial charge in [-0.1, -0.05) is 13.2 Å². The summed E-state index contributed by atoms with van der Waals surface area (Å²) in [4.78, 5) is 0. The van der Waals surface area contributed by atoms with Crippen molar-refractivity contribution >= 4 is 0 Å². The molecule has 0 atom stereocenters. The molecule has 0 rings (SSSR count). The Balaban J connectivity index is 0. The van der Waals surface area contributed by atoms with Gasteiger partial charge in [-0.05, 0) is 38.1 Å². The van der Waals surface area contributed by atoms with Gasteiger partial charge in [0, 0.05) is 13.1 Å². The van der Waals surface area contributed by atoms with E-state index in [1.54, 1.807) is 0 Å². The Hall–Kier alpha value is -0.310. The van der Waals surface area contributed by atoms with Gasteiger partial charge in [0.05, 0.1) is 0 Å². The lowest BCUT2D eigenvalue weighted by molar-refractivity contribution is -0.00000304. The van der Waals surface area contributed by atoms with Crippen molar-refractivity contribution < 1.29 is 24.0 Å². The van der Waals surface area contributed by atoms with E-state index in [1.807, 2.05) is 12.2 Å². The molecule has 0 amide bonds. The van der Waals surface area contributed by atoms with Crippen molar-refractivity contribution in [2.75, 3.05) is 26.2 Å². The normalized spacial score (nSPS) is 8.27. The molecule has 0 unspecified atom stereocenters. The Morgan fingerprint density at radius 1 is 0.867 bits per heavy atom. The van der Waals surface area contributed by atoms with Crippen LogP contribution in [0.5, 0.6) is 0 Å². The second-order valence-electron chi connectivity index (χ2n) is 2.93. The Morgan fingerprint density at radius 3 is 1.60 bits per heavy atom. The smallest absolute Gasteiger partial charge is 0.0209 e. The quantitative estimate of drug-likeness (QED) is 0.311. The van der Waals surface area contributed by atoms with E-state index in [-0.39, 0.29) is 24.0 Å². The molecule has 0 aromatic carbocycles. The molecule has 0 spiro atoms. The van der Waals surface area contributed by atoms with Crippen LogP contribution in [0.15, 0.2) is 36.8 Å². The van der Waals surface area contributed by atoms with Crippen LogP contribution in [0.25, 0.3) is 0 Å². The van der Waals surface area contributed by atoms with E-state index in [0.717, 1.165) is 26.2 Å². The van der Waals surface area contributed by atoms with Gasteiger partial charge in [0.15, 0.2) is 0 Å². The predicted octanol–water partition coefficient (Wildman–Crippen LogP) is -1.37. The lowest BCUT2D eigenvalue weighted by Crippen LogP contribution is -3.00. The molecule has 2 nitrogen and oxygen atoms in total. The summed E-state index contributed by atoms with van der Waals surface area (Å²) in [5, 5.41) is 6.54. The summed E-state index contributed by atoms with van der Waals surface area (Å²) in [5.41, 5.74) is 5.45. The van der Waals surface area contributed by atoms with Gasteiger partial charge < -0.3 is 34.6 Å². The molecule has 0 saturated heterocycles. The fourth-order valence-corrected chi connectivity index (χ4v) is 0.993. The first-order valence-corrected chi connectivity index (χ1v) is 5.02. The SMILES string of the molecule is C=C=CCNCCCCNCC=C=C.[I-]. The fourth-order valence-electron chi connectivity index (χ4n) is 0.993. The summed E-state index contributed by atoms with van der Waals surface area (Å²) in [6, 6.07) is 0. The first-order chi connectivity index (χ1) is 6.91. The summed E-state index contributed by atoms with van der Waals surface area (Å²) in [5.74, 6) is 0. The largest absolute Gasteiger partial charge is 1.00 e. The van der Waals surface area contributed by atoms with Gasteiger partial charge in [-0.15, -0.1) is 11.5 Å². The lowest BCUT2D eigenvalue weighted by Gasteiger charge is -2.02. The van der Waals surface area contributed by atoms with E-state index in [1.165, 1.54) is 12.8 Å². The Morgan fingerprint density at radius 2 is 1.27 bits per heavy atom. The van der Waals surface area contributed by atoms with Crippen LogP contribution in [0.4, 0.5) is 0 Å². The number of halogens is 1. The topological polar surface area (TPSA) is 24.1 Å². The van der Waals surface area contributed by atoms with E-state index in [9.17, 15) is 0 Å². The average molecular weight is 319 g/mol. The van der Waals surface area contributed by atoms with Gasteiger partial charge in [-0.3, -0.25) is 0 Å². The first-order valence-electron chi connectivity index (χ1n) is 5.02. The zero-order chi connectivity index (χ0) is 10.5. The van der Waals surface area contributed by atoms with Crippen molar-refractivity contribution in [3.8, 4) is 0 Å². The van der Waals surface area contributed by atoms with Gasteiger partial charge in [-0.25, -0.2) is 0 Å². The molecule has 3 heteroatoms. The molecule has 0 aliphatic heterocycles. The number of nitrogens with one attached hydrogen (secondary N) is 2. The fraction of sp³-hybridized carbons (Fsp3) is 0.500. The van der Waals surface area contributed by atoms with Crippen molar-refractivity contribution in [1.29, 1.82) is 0 Å². The van der Waals surface area contributed by atoms with Crippen LogP contribution in [0.1, 0.15) is 12.8 Å². The van der Waals surface area contributed by atoms with E-state index in [4.69, 9.17) is 0 Å². The maximum absolute atomic E-state index is 3.49. The van der Waals surface area contributed by atoms with E-state index in [0.29, 0.717) is 0 Å². The summed E-state index contributed by atoms with van der Waals surface area (Å²) in [6.45, 7) is 10.8. The first kappa shape index (κ1) is 17.1. The number of unbranched alkanes of at least 4 members (excludes halogenated alkanes) is 1. The number of hydrogen-bond acceptors (Lipinski definition) is 2. The highest BCUT2D eigenvalue weighted by molar-refractivity contribution is 4.78. The molecule has 0 fully saturated rings. The maximum Gasteiger partial charge on any atom is 0.0209 e. The Kier molecular flexibility index (Phi) is 18.4. The molecule has 0 saturated carbocycles. The molecule has 0 bridgehead atoms. The molecule has 0 radical (unpaired) electrons. The van der Waals surface area contributed by atoms with Crippen LogP contribution in [-0.4, -0.2) is 26.2 Å². The minimum absolute atomic E-state index is 0. The molecule has 0 aliphatic carbocycles. The van der Waals surface area contributed by atoms with Gasteiger partial charge in [0.1, 0.15) is 0 Å². The van der Waals surface area contributed by atoms with Crippen molar-refractivity contribution in [1.82, 2.24) is 10.6 Å². The molecule has 86 valence electrons. The summed E-state index contributed by atoms with van der Waals surface area (Å²) in [7, 11) is 0.